The first-order valence-corrected chi connectivity index (χ1v) is 12.7. The molecule has 184 valence electrons. The Bertz CT molecular complexity index is 1290. The van der Waals surface area contributed by atoms with Gasteiger partial charge in [-0.25, -0.2) is 0 Å². The van der Waals surface area contributed by atoms with Gasteiger partial charge in [0.25, 0.3) is 5.56 Å². The van der Waals surface area contributed by atoms with Crippen LogP contribution < -0.4 is 10.9 Å². The molecule has 0 bridgehead atoms. The van der Waals surface area contributed by atoms with Crippen molar-refractivity contribution in [2.24, 2.45) is 5.92 Å². The minimum atomic E-state index is -4.38. The minimum Gasteiger partial charge on any atom is -0.338 e. The molecule has 1 saturated heterocycles. The average Bonchev–Trinajstić information content (AvgIpc) is 3.61. The number of anilines is 2. The highest BCUT2D eigenvalue weighted by Crippen LogP contribution is 2.43. The summed E-state index contributed by atoms with van der Waals surface area (Å²) < 4.78 is 43.5. The molecule has 0 unspecified atom stereocenters. The number of hydrogen-bond donors (Lipinski definition) is 2. The van der Waals surface area contributed by atoms with E-state index in [1.807, 2.05) is 0 Å². The molecule has 1 saturated carbocycles. The van der Waals surface area contributed by atoms with Gasteiger partial charge in [0.05, 0.1) is 24.0 Å². The summed E-state index contributed by atoms with van der Waals surface area (Å²) in [6.07, 6.45) is -0.517. The third-order valence-corrected chi connectivity index (χ3v) is 7.56. The van der Waals surface area contributed by atoms with E-state index in [4.69, 9.17) is 0 Å². The molecule has 7 nitrogen and oxygen atoms in total. The summed E-state index contributed by atoms with van der Waals surface area (Å²) in [6, 6.07) is 8.33. The van der Waals surface area contributed by atoms with Gasteiger partial charge in [0.15, 0.2) is 5.82 Å². The van der Waals surface area contributed by atoms with E-state index in [2.05, 4.69) is 21.5 Å². The molecule has 3 heterocycles. The van der Waals surface area contributed by atoms with Gasteiger partial charge in [-0.05, 0) is 42.5 Å². The normalized spacial score (nSPS) is 18.8. The van der Waals surface area contributed by atoms with E-state index in [1.54, 1.807) is 40.8 Å². The fourth-order valence-corrected chi connectivity index (χ4v) is 5.73. The number of thioether (sulfide) groups is 1. The fourth-order valence-electron chi connectivity index (χ4n) is 4.80. The van der Waals surface area contributed by atoms with Crippen LogP contribution in [0.4, 0.5) is 24.7 Å². The van der Waals surface area contributed by atoms with E-state index in [1.165, 1.54) is 17.0 Å². The summed E-state index contributed by atoms with van der Waals surface area (Å²) in [7, 11) is 0. The lowest BCUT2D eigenvalue weighted by atomic mass is 10.0. The van der Waals surface area contributed by atoms with E-state index in [-0.39, 0.29) is 23.6 Å². The Morgan fingerprint density at radius 2 is 1.91 bits per heavy atom. The van der Waals surface area contributed by atoms with Crippen molar-refractivity contribution in [1.29, 1.82) is 5.26 Å². The van der Waals surface area contributed by atoms with E-state index < -0.39 is 12.2 Å². The number of benzene rings is 1. The molecule has 1 aliphatic heterocycles. The zero-order valence-corrected chi connectivity index (χ0v) is 19.7. The summed E-state index contributed by atoms with van der Waals surface area (Å²) in [4.78, 5) is 16.8. The van der Waals surface area contributed by atoms with Crippen LogP contribution in [0.1, 0.15) is 36.9 Å². The molecule has 0 spiro atoms. The molecule has 0 amide bonds. The fraction of sp³-hybridized carbons (Fsp3) is 0.458. The summed E-state index contributed by atoms with van der Waals surface area (Å²) in [5, 5.41) is 17.4. The molecule has 2 aliphatic rings. The maximum absolute atomic E-state index is 13.9. The third kappa shape index (κ3) is 4.90. The largest absolute Gasteiger partial charge is 0.408 e. The van der Waals surface area contributed by atoms with Crippen molar-refractivity contribution in [2.75, 3.05) is 29.9 Å². The van der Waals surface area contributed by atoms with Gasteiger partial charge in [0, 0.05) is 36.5 Å². The van der Waals surface area contributed by atoms with Gasteiger partial charge in [0.2, 0.25) is 0 Å². The van der Waals surface area contributed by atoms with E-state index >= 15 is 0 Å². The van der Waals surface area contributed by atoms with Gasteiger partial charge in [-0.2, -0.15) is 35.3 Å². The molecule has 2 N–H and O–H groups in total. The topological polar surface area (TPSA) is 89.7 Å². The number of nitriles is 1. The smallest absolute Gasteiger partial charge is 0.338 e. The van der Waals surface area contributed by atoms with E-state index in [0.29, 0.717) is 52.9 Å². The highest BCUT2D eigenvalue weighted by atomic mass is 32.2. The lowest BCUT2D eigenvalue weighted by Crippen LogP contribution is -2.42. The number of alkyl halides is 3. The van der Waals surface area contributed by atoms with Crippen LogP contribution in [0.3, 0.4) is 0 Å². The molecule has 3 aromatic rings. The van der Waals surface area contributed by atoms with Gasteiger partial charge in [-0.1, -0.05) is 12.1 Å². The number of rotatable bonds is 7. The first-order valence-electron chi connectivity index (χ1n) is 11.6. The molecule has 1 aromatic carbocycles. The highest BCUT2D eigenvalue weighted by Gasteiger charge is 2.45. The second kappa shape index (κ2) is 9.59. The van der Waals surface area contributed by atoms with Crippen molar-refractivity contribution < 1.29 is 13.2 Å². The maximum Gasteiger partial charge on any atom is 0.408 e. The number of aromatic amines is 1. The summed E-state index contributed by atoms with van der Waals surface area (Å²) in [5.41, 5.74) is 1.02. The number of aromatic nitrogens is 3. The minimum absolute atomic E-state index is 0.127. The molecule has 5 rings (SSSR count). The van der Waals surface area contributed by atoms with Crippen LogP contribution in [0.2, 0.25) is 0 Å². The predicted molar refractivity (Wildman–Crippen MR) is 130 cm³/mol. The van der Waals surface area contributed by atoms with Gasteiger partial charge in [-0.3, -0.25) is 14.4 Å². The second-order valence-corrected chi connectivity index (χ2v) is 10.2. The monoisotopic (exact) mass is 502 g/mol. The van der Waals surface area contributed by atoms with Gasteiger partial charge < -0.3 is 10.3 Å². The molecule has 2 aromatic heterocycles. The van der Waals surface area contributed by atoms with Crippen molar-refractivity contribution in [3.63, 3.8) is 0 Å². The van der Waals surface area contributed by atoms with Crippen LogP contribution in [0.25, 0.3) is 10.9 Å². The molecular formula is C24H25F3N6OS. The average molecular weight is 503 g/mol. The van der Waals surface area contributed by atoms with Crippen LogP contribution in [0.5, 0.6) is 0 Å². The second-order valence-electron chi connectivity index (χ2n) is 8.97. The van der Waals surface area contributed by atoms with E-state index in [0.717, 1.165) is 12.8 Å². The van der Waals surface area contributed by atoms with Crippen LogP contribution >= 0.6 is 11.8 Å². The number of nitrogens with one attached hydrogen (secondary N) is 2. The number of H-pyrrole nitrogens is 1. The van der Waals surface area contributed by atoms with Gasteiger partial charge in [0.1, 0.15) is 11.4 Å². The Morgan fingerprint density at radius 3 is 2.54 bits per heavy atom. The maximum atomic E-state index is 13.9. The molecular weight excluding hydrogens is 477 g/mol. The van der Waals surface area contributed by atoms with Crippen molar-refractivity contribution in [3.8, 4) is 6.07 Å². The zero-order valence-electron chi connectivity index (χ0n) is 18.9. The van der Waals surface area contributed by atoms with Gasteiger partial charge in [-0.15, -0.1) is 0 Å². The lowest BCUT2D eigenvalue weighted by Gasteiger charge is -2.35. The summed E-state index contributed by atoms with van der Waals surface area (Å²) in [5.74, 6) is 2.03. The number of fused-ring (bicyclic) bond motifs is 1. The quantitative estimate of drug-likeness (QED) is 0.473. The first kappa shape index (κ1) is 23.8. The number of pyridine rings is 1. The number of nitrogens with zero attached hydrogens (tertiary/aromatic N) is 4. The highest BCUT2D eigenvalue weighted by molar-refractivity contribution is 7.99. The number of halogens is 3. The molecule has 2 fully saturated rings. The summed E-state index contributed by atoms with van der Waals surface area (Å²) >= 11 is 1.67. The Labute approximate surface area is 204 Å². The number of hydrogen-bond acceptors (Lipinski definition) is 6. The summed E-state index contributed by atoms with van der Waals surface area (Å²) in [6.45, 7) is 0.789. The molecule has 11 heteroatoms. The standard InChI is InChI=1S/C24H25F3N6OS/c25-24(26,27)21(32-11-13-35-14-12-32)16-3-5-17(6-4-16)30-22-20-19(8-10-29-23(20)34)33(31-22)18(7-9-28)15-1-2-15/h3-6,8,10,15,18,21H,1-2,7,11-14H2,(H,29,34)(H,30,31)/t18-,21-/m0/s1. The van der Waals surface area contributed by atoms with E-state index in [9.17, 15) is 23.2 Å². The predicted octanol–water partition coefficient (Wildman–Crippen LogP) is 4.99. The Balaban J connectivity index is 1.45. The SMILES string of the molecule is N#CC[C@@H](C1CC1)n1nc(Nc2ccc([C@H](N3CCSCC3)C(F)(F)F)cc2)c2c(=O)[nH]ccc21. The first-order chi connectivity index (χ1) is 16.9. The van der Waals surface area contributed by atoms with Gasteiger partial charge >= 0.3 is 6.18 Å². The van der Waals surface area contributed by atoms with Crippen molar-refractivity contribution >= 4 is 34.2 Å². The molecule has 0 radical (unpaired) electrons. The molecule has 2 atom stereocenters. The zero-order chi connectivity index (χ0) is 24.6. The molecule has 35 heavy (non-hydrogen) atoms. The lowest BCUT2D eigenvalue weighted by molar-refractivity contribution is -0.185. The van der Waals surface area contributed by atoms with Crippen LogP contribution in [0, 0.1) is 17.2 Å². The van der Waals surface area contributed by atoms with Crippen LogP contribution in [-0.4, -0.2) is 50.4 Å². The van der Waals surface area contributed by atoms with Crippen molar-refractivity contribution in [1.82, 2.24) is 19.7 Å². The molecule has 1 aliphatic carbocycles. The third-order valence-electron chi connectivity index (χ3n) is 6.62. The van der Waals surface area contributed by atoms with Crippen molar-refractivity contribution in [2.45, 2.75) is 37.5 Å². The van der Waals surface area contributed by atoms with Crippen LogP contribution in [-0.2, 0) is 0 Å². The van der Waals surface area contributed by atoms with Crippen LogP contribution in [0.15, 0.2) is 41.3 Å². The Hall–Kier alpha value is -2.97. The Morgan fingerprint density at radius 1 is 1.20 bits per heavy atom. The Kier molecular flexibility index (Phi) is 6.51. The van der Waals surface area contributed by atoms with Crippen molar-refractivity contribution in [3.05, 3.63) is 52.4 Å².